The molecule has 49 heavy (non-hydrogen) atoms. The lowest BCUT2D eigenvalue weighted by Gasteiger charge is -2.36. The highest BCUT2D eigenvalue weighted by Gasteiger charge is 2.34. The van der Waals surface area contributed by atoms with Gasteiger partial charge in [0.05, 0.1) is 7.11 Å². The second-order valence-electron chi connectivity index (χ2n) is 11.8. The molecular weight excluding hydrogens is 620 g/mol. The van der Waals surface area contributed by atoms with E-state index in [4.69, 9.17) is 19.7 Å². The van der Waals surface area contributed by atoms with Crippen LogP contribution >= 0.6 is 0 Å². The van der Waals surface area contributed by atoms with Gasteiger partial charge in [-0.15, -0.1) is 0 Å². The normalized spacial score (nSPS) is 12.8. The summed E-state index contributed by atoms with van der Waals surface area (Å²) in [5, 5.41) is 31.1. The molecule has 0 aliphatic carbocycles. The van der Waals surface area contributed by atoms with E-state index < -0.39 is 5.41 Å². The Kier molecular flexibility index (Phi) is 13.6. The Bertz CT molecular complexity index is 1620. The SMILES string of the molecule is COC(=O)CCCC(=O)N(Cc1ccccc1)CC(CN=Cc1ccccc1O)(CN=Cc1ccccc1O)CN=Cc1ccccc1O. The summed E-state index contributed by atoms with van der Waals surface area (Å²) in [4.78, 5) is 41.7. The van der Waals surface area contributed by atoms with Crippen molar-refractivity contribution in [3.8, 4) is 17.2 Å². The first kappa shape index (κ1) is 36.1. The molecule has 0 spiro atoms. The molecule has 0 saturated carbocycles. The van der Waals surface area contributed by atoms with E-state index in [-0.39, 0.29) is 68.1 Å². The number of amides is 1. The quantitative estimate of drug-likeness (QED) is 0.0961. The highest BCUT2D eigenvalue weighted by Crippen LogP contribution is 2.26. The number of aliphatic imine (C=N–C) groups is 3. The van der Waals surface area contributed by atoms with Crippen LogP contribution in [0.25, 0.3) is 0 Å². The van der Waals surface area contributed by atoms with Crippen molar-refractivity contribution in [2.24, 2.45) is 20.4 Å². The second kappa shape index (κ2) is 18.5. The summed E-state index contributed by atoms with van der Waals surface area (Å²) in [6.45, 7) is 0.983. The van der Waals surface area contributed by atoms with Crippen LogP contribution in [0.4, 0.5) is 0 Å². The molecule has 0 saturated heterocycles. The van der Waals surface area contributed by atoms with E-state index in [1.807, 2.05) is 30.3 Å². The average Bonchev–Trinajstić information content (AvgIpc) is 3.11. The van der Waals surface area contributed by atoms with Crippen molar-refractivity contribution in [3.05, 3.63) is 125 Å². The Hall–Kier alpha value is -5.77. The number of hydrogen-bond donors (Lipinski definition) is 3. The van der Waals surface area contributed by atoms with Gasteiger partial charge in [-0.25, -0.2) is 0 Å². The van der Waals surface area contributed by atoms with Gasteiger partial charge in [0, 0.05) is 86.3 Å². The number of esters is 1. The van der Waals surface area contributed by atoms with Gasteiger partial charge in [-0.3, -0.25) is 24.6 Å². The van der Waals surface area contributed by atoms with E-state index in [1.54, 1.807) is 96.3 Å². The summed E-state index contributed by atoms with van der Waals surface area (Å²) < 4.78 is 4.77. The number of methoxy groups -OCH3 is 1. The molecule has 4 aromatic rings. The van der Waals surface area contributed by atoms with E-state index in [0.29, 0.717) is 29.7 Å². The summed E-state index contributed by atoms with van der Waals surface area (Å²) in [6, 6.07) is 30.2. The minimum atomic E-state index is -0.879. The summed E-state index contributed by atoms with van der Waals surface area (Å²) in [5.41, 5.74) is 1.64. The van der Waals surface area contributed by atoms with Gasteiger partial charge in [0.2, 0.25) is 5.91 Å². The largest absolute Gasteiger partial charge is 0.507 e. The van der Waals surface area contributed by atoms with Crippen molar-refractivity contribution in [3.63, 3.8) is 0 Å². The Labute approximate surface area is 286 Å². The number of rotatable bonds is 17. The molecule has 4 aromatic carbocycles. The fourth-order valence-electron chi connectivity index (χ4n) is 5.19. The number of aromatic hydroxyl groups is 3. The van der Waals surface area contributed by atoms with E-state index in [9.17, 15) is 24.9 Å². The third-order valence-electron chi connectivity index (χ3n) is 7.88. The number of carbonyl (C=O) groups excluding carboxylic acids is 2. The van der Waals surface area contributed by atoms with Crippen LogP contribution in [-0.4, -0.2) is 84.0 Å². The monoisotopic (exact) mass is 662 g/mol. The van der Waals surface area contributed by atoms with Gasteiger partial charge in [-0.2, -0.15) is 0 Å². The fourth-order valence-corrected chi connectivity index (χ4v) is 5.19. The summed E-state index contributed by atoms with van der Waals surface area (Å²) in [5.74, 6) is -0.293. The Morgan fingerprint density at radius 3 is 1.51 bits per heavy atom. The minimum absolute atomic E-state index is 0.0819. The zero-order valence-electron chi connectivity index (χ0n) is 27.6. The van der Waals surface area contributed by atoms with Crippen molar-refractivity contribution >= 4 is 30.5 Å². The van der Waals surface area contributed by atoms with Crippen LogP contribution in [0.5, 0.6) is 17.2 Å². The maximum absolute atomic E-state index is 13.9. The van der Waals surface area contributed by atoms with Crippen molar-refractivity contribution in [2.75, 3.05) is 33.3 Å². The molecule has 4 rings (SSSR count). The number of para-hydroxylation sites is 3. The van der Waals surface area contributed by atoms with Crippen molar-refractivity contribution in [1.82, 2.24) is 4.90 Å². The van der Waals surface area contributed by atoms with Gasteiger partial charge in [0.15, 0.2) is 0 Å². The lowest BCUT2D eigenvalue weighted by molar-refractivity contribution is -0.141. The third kappa shape index (κ3) is 11.5. The Morgan fingerprint density at radius 1 is 0.653 bits per heavy atom. The standard InChI is InChI=1S/C39H42N4O6/c1-49-38(48)21-11-20-37(47)43(25-30-12-3-2-4-13-30)29-39(26-40-22-31-14-5-8-17-34(31)44,27-41-23-32-15-6-9-18-35(32)45)28-42-24-33-16-7-10-19-36(33)46/h2-10,12-19,22-24,44-46H,11,20-21,25-29H2,1H3. The molecule has 10 nitrogen and oxygen atoms in total. The number of benzene rings is 4. The molecule has 254 valence electrons. The average molecular weight is 663 g/mol. The molecule has 0 atom stereocenters. The van der Waals surface area contributed by atoms with Gasteiger partial charge in [-0.1, -0.05) is 66.7 Å². The van der Waals surface area contributed by atoms with Crippen LogP contribution in [0, 0.1) is 5.41 Å². The smallest absolute Gasteiger partial charge is 0.305 e. The highest BCUT2D eigenvalue weighted by atomic mass is 16.5. The van der Waals surface area contributed by atoms with Gasteiger partial charge in [-0.05, 0) is 48.4 Å². The van der Waals surface area contributed by atoms with Crippen LogP contribution in [0.15, 0.2) is 118 Å². The zero-order valence-corrected chi connectivity index (χ0v) is 27.6. The van der Waals surface area contributed by atoms with Gasteiger partial charge in [0.25, 0.3) is 0 Å². The first-order valence-electron chi connectivity index (χ1n) is 16.0. The van der Waals surface area contributed by atoms with E-state index in [0.717, 1.165) is 5.56 Å². The first-order valence-corrected chi connectivity index (χ1v) is 16.0. The third-order valence-corrected chi connectivity index (χ3v) is 7.88. The molecule has 0 fully saturated rings. The summed E-state index contributed by atoms with van der Waals surface area (Å²) in [7, 11) is 1.32. The Morgan fingerprint density at radius 2 is 1.08 bits per heavy atom. The predicted molar refractivity (Wildman–Crippen MR) is 192 cm³/mol. The molecule has 0 aromatic heterocycles. The van der Waals surface area contributed by atoms with Crippen LogP contribution in [0.3, 0.4) is 0 Å². The van der Waals surface area contributed by atoms with Gasteiger partial charge < -0.3 is 25.0 Å². The molecule has 0 radical (unpaired) electrons. The minimum Gasteiger partial charge on any atom is -0.507 e. The number of ether oxygens (including phenoxy) is 1. The molecule has 1 amide bonds. The molecule has 0 aliphatic heterocycles. The van der Waals surface area contributed by atoms with Gasteiger partial charge >= 0.3 is 5.97 Å². The fraction of sp³-hybridized carbons (Fsp3) is 0.256. The van der Waals surface area contributed by atoms with E-state index in [2.05, 4.69) is 0 Å². The summed E-state index contributed by atoms with van der Waals surface area (Å²) in [6.07, 6.45) is 5.33. The number of nitrogens with zero attached hydrogens (tertiary/aromatic N) is 4. The van der Waals surface area contributed by atoms with Crippen LogP contribution in [0.1, 0.15) is 41.5 Å². The van der Waals surface area contributed by atoms with Crippen LogP contribution in [-0.2, 0) is 20.9 Å². The lowest BCUT2D eigenvalue weighted by Crippen LogP contribution is -2.46. The van der Waals surface area contributed by atoms with Crippen LogP contribution < -0.4 is 0 Å². The van der Waals surface area contributed by atoms with Crippen molar-refractivity contribution in [1.29, 1.82) is 0 Å². The molecule has 3 N–H and O–H groups in total. The van der Waals surface area contributed by atoms with Crippen LogP contribution in [0.2, 0.25) is 0 Å². The van der Waals surface area contributed by atoms with E-state index in [1.165, 1.54) is 7.11 Å². The predicted octanol–water partition coefficient (Wildman–Crippen LogP) is 5.82. The molecule has 10 heteroatoms. The van der Waals surface area contributed by atoms with Gasteiger partial charge in [0.1, 0.15) is 17.2 Å². The molecule has 0 aliphatic rings. The number of carbonyl (C=O) groups is 2. The zero-order chi connectivity index (χ0) is 34.9. The first-order chi connectivity index (χ1) is 23.8. The number of phenolic OH excluding ortho intramolecular Hbond substituents is 3. The number of phenols is 3. The van der Waals surface area contributed by atoms with Crippen molar-refractivity contribution < 1.29 is 29.6 Å². The Balaban J connectivity index is 1.74. The maximum atomic E-state index is 13.9. The lowest BCUT2D eigenvalue weighted by atomic mass is 9.86. The molecular formula is C39H42N4O6. The molecule has 0 bridgehead atoms. The van der Waals surface area contributed by atoms with Crippen molar-refractivity contribution in [2.45, 2.75) is 25.8 Å². The topological polar surface area (TPSA) is 144 Å². The second-order valence-corrected chi connectivity index (χ2v) is 11.8. The highest BCUT2D eigenvalue weighted by molar-refractivity contribution is 5.84. The number of hydrogen-bond acceptors (Lipinski definition) is 9. The maximum Gasteiger partial charge on any atom is 0.305 e. The molecule has 0 heterocycles. The van der Waals surface area contributed by atoms with E-state index >= 15 is 0 Å². The summed E-state index contributed by atoms with van der Waals surface area (Å²) >= 11 is 0. The molecule has 0 unspecified atom stereocenters.